The topological polar surface area (TPSA) is 55.0 Å². The second-order valence-electron chi connectivity index (χ2n) is 4.52. The lowest BCUT2D eigenvalue weighted by Crippen LogP contribution is -2.33. The molecule has 0 radical (unpaired) electrons. The van der Waals surface area contributed by atoms with Crippen LogP contribution < -0.4 is 10.6 Å². The van der Waals surface area contributed by atoms with Crippen molar-refractivity contribution >= 4 is 23.0 Å². The smallest absolute Gasteiger partial charge is 0.147 e. The first kappa shape index (κ1) is 12.2. The second kappa shape index (κ2) is 5.40. The van der Waals surface area contributed by atoms with E-state index in [1.807, 2.05) is 0 Å². The van der Waals surface area contributed by atoms with Gasteiger partial charge in [0.1, 0.15) is 16.5 Å². The average molecular weight is 250 g/mol. The van der Waals surface area contributed by atoms with Gasteiger partial charge in [-0.3, -0.25) is 0 Å². The van der Waals surface area contributed by atoms with Crippen LogP contribution in [0, 0.1) is 0 Å². The molecule has 17 heavy (non-hydrogen) atoms. The Kier molecular flexibility index (Phi) is 3.89. The van der Waals surface area contributed by atoms with Crippen molar-refractivity contribution in [3.8, 4) is 0 Å². The standard InChI is InChI=1S/C12H18N4S/c1-9-5-3-2-4-6-16(9)11-8-14-10(7-15-11)12(13)17/h7-9H,2-6H2,1H3,(H2,13,17). The van der Waals surface area contributed by atoms with Crippen LogP contribution in [0.15, 0.2) is 12.4 Å². The quantitative estimate of drug-likeness (QED) is 0.812. The summed E-state index contributed by atoms with van der Waals surface area (Å²) in [6.45, 7) is 3.30. The fourth-order valence-electron chi connectivity index (χ4n) is 2.21. The summed E-state index contributed by atoms with van der Waals surface area (Å²) in [6.07, 6.45) is 8.49. The Hall–Kier alpha value is -1.23. The van der Waals surface area contributed by atoms with Crippen LogP contribution in [0.1, 0.15) is 38.3 Å². The second-order valence-corrected chi connectivity index (χ2v) is 4.96. The first-order valence-corrected chi connectivity index (χ1v) is 6.48. The SMILES string of the molecule is CC1CCCCCN1c1cnc(C(N)=S)cn1. The van der Waals surface area contributed by atoms with E-state index < -0.39 is 0 Å². The summed E-state index contributed by atoms with van der Waals surface area (Å²) in [6, 6.07) is 0.530. The van der Waals surface area contributed by atoms with Gasteiger partial charge < -0.3 is 10.6 Å². The number of rotatable bonds is 2. The molecule has 2 N–H and O–H groups in total. The molecule has 5 heteroatoms. The summed E-state index contributed by atoms with van der Waals surface area (Å²) in [5.74, 6) is 0.930. The van der Waals surface area contributed by atoms with Gasteiger partial charge in [-0.25, -0.2) is 9.97 Å². The van der Waals surface area contributed by atoms with Crippen LogP contribution in [0.3, 0.4) is 0 Å². The lowest BCUT2D eigenvalue weighted by atomic mass is 10.1. The van der Waals surface area contributed by atoms with Crippen LogP contribution in [0.4, 0.5) is 5.82 Å². The molecule has 1 aromatic heterocycles. The van der Waals surface area contributed by atoms with E-state index in [1.165, 1.54) is 25.7 Å². The van der Waals surface area contributed by atoms with Crippen LogP contribution in [-0.4, -0.2) is 27.5 Å². The molecule has 1 fully saturated rings. The predicted molar refractivity (Wildman–Crippen MR) is 73.2 cm³/mol. The number of nitrogens with zero attached hydrogens (tertiary/aromatic N) is 3. The third-order valence-electron chi connectivity index (χ3n) is 3.24. The zero-order chi connectivity index (χ0) is 12.3. The number of anilines is 1. The molecule has 2 heterocycles. The fraction of sp³-hybridized carbons (Fsp3) is 0.583. The van der Waals surface area contributed by atoms with Gasteiger partial charge in [0.25, 0.3) is 0 Å². The van der Waals surface area contributed by atoms with Crippen LogP contribution in [0.25, 0.3) is 0 Å². The molecule has 0 amide bonds. The van der Waals surface area contributed by atoms with Gasteiger partial charge in [-0.05, 0) is 19.8 Å². The summed E-state index contributed by atoms with van der Waals surface area (Å²) in [5.41, 5.74) is 6.10. The lowest BCUT2D eigenvalue weighted by Gasteiger charge is -2.27. The molecule has 1 unspecified atom stereocenters. The highest BCUT2D eigenvalue weighted by Crippen LogP contribution is 2.21. The van der Waals surface area contributed by atoms with Crippen molar-refractivity contribution in [2.45, 2.75) is 38.6 Å². The Bertz CT molecular complexity index is 390. The normalized spacial score (nSPS) is 21.0. The Balaban J connectivity index is 2.17. The van der Waals surface area contributed by atoms with Crippen molar-refractivity contribution in [3.63, 3.8) is 0 Å². The van der Waals surface area contributed by atoms with Gasteiger partial charge in [0, 0.05) is 12.6 Å². The van der Waals surface area contributed by atoms with Gasteiger partial charge in [0.2, 0.25) is 0 Å². The summed E-state index contributed by atoms with van der Waals surface area (Å²) in [7, 11) is 0. The van der Waals surface area contributed by atoms with Crippen molar-refractivity contribution in [2.75, 3.05) is 11.4 Å². The monoisotopic (exact) mass is 250 g/mol. The van der Waals surface area contributed by atoms with Crippen LogP contribution in [0.2, 0.25) is 0 Å². The van der Waals surface area contributed by atoms with Crippen LogP contribution >= 0.6 is 12.2 Å². The van der Waals surface area contributed by atoms with Gasteiger partial charge in [-0.1, -0.05) is 25.1 Å². The highest BCUT2D eigenvalue weighted by atomic mass is 32.1. The number of hydrogen-bond donors (Lipinski definition) is 1. The maximum Gasteiger partial charge on any atom is 0.147 e. The van der Waals surface area contributed by atoms with Gasteiger partial charge in [-0.15, -0.1) is 0 Å². The minimum absolute atomic E-state index is 0.299. The summed E-state index contributed by atoms with van der Waals surface area (Å²) >= 11 is 4.87. The molecule has 1 aliphatic heterocycles. The van der Waals surface area contributed by atoms with E-state index in [-0.39, 0.29) is 0 Å². The van der Waals surface area contributed by atoms with E-state index in [2.05, 4.69) is 21.8 Å². The van der Waals surface area contributed by atoms with Crippen molar-refractivity contribution in [3.05, 3.63) is 18.1 Å². The zero-order valence-electron chi connectivity index (χ0n) is 10.1. The lowest BCUT2D eigenvalue weighted by molar-refractivity contribution is 0.610. The maximum absolute atomic E-state index is 5.51. The number of aromatic nitrogens is 2. The molecule has 0 bridgehead atoms. The highest BCUT2D eigenvalue weighted by Gasteiger charge is 2.18. The van der Waals surface area contributed by atoms with Crippen LogP contribution in [0.5, 0.6) is 0 Å². The molecular formula is C12H18N4S. The van der Waals surface area contributed by atoms with E-state index in [0.717, 1.165) is 12.4 Å². The fourth-order valence-corrected chi connectivity index (χ4v) is 2.32. The van der Waals surface area contributed by atoms with Crippen molar-refractivity contribution in [1.29, 1.82) is 0 Å². The van der Waals surface area contributed by atoms with Crippen molar-refractivity contribution in [2.24, 2.45) is 5.73 Å². The van der Waals surface area contributed by atoms with E-state index in [4.69, 9.17) is 18.0 Å². The van der Waals surface area contributed by atoms with Crippen LogP contribution in [-0.2, 0) is 0 Å². The van der Waals surface area contributed by atoms with E-state index in [1.54, 1.807) is 12.4 Å². The molecule has 1 atom stereocenters. The van der Waals surface area contributed by atoms with E-state index in [0.29, 0.717) is 16.7 Å². The molecular weight excluding hydrogens is 232 g/mol. The molecule has 92 valence electrons. The van der Waals surface area contributed by atoms with Crippen molar-refractivity contribution < 1.29 is 0 Å². The first-order chi connectivity index (χ1) is 8.18. The largest absolute Gasteiger partial charge is 0.388 e. The molecule has 1 aromatic rings. The molecule has 0 aromatic carbocycles. The minimum Gasteiger partial charge on any atom is -0.388 e. The summed E-state index contributed by atoms with van der Waals surface area (Å²) < 4.78 is 0. The Morgan fingerprint density at radius 3 is 2.82 bits per heavy atom. The van der Waals surface area contributed by atoms with E-state index in [9.17, 15) is 0 Å². The number of hydrogen-bond acceptors (Lipinski definition) is 4. The molecule has 1 saturated heterocycles. The minimum atomic E-state index is 0.299. The predicted octanol–water partition coefficient (Wildman–Crippen LogP) is 1.88. The molecule has 0 aliphatic carbocycles. The van der Waals surface area contributed by atoms with Gasteiger partial charge in [-0.2, -0.15) is 0 Å². The van der Waals surface area contributed by atoms with Gasteiger partial charge >= 0.3 is 0 Å². The Labute approximate surface area is 107 Å². The Morgan fingerprint density at radius 2 is 2.18 bits per heavy atom. The average Bonchev–Trinajstić information content (AvgIpc) is 2.54. The maximum atomic E-state index is 5.51. The number of nitrogens with two attached hydrogens (primary N) is 1. The molecule has 2 rings (SSSR count). The molecule has 1 aliphatic rings. The molecule has 4 nitrogen and oxygen atoms in total. The summed E-state index contributed by atoms with van der Waals surface area (Å²) in [5, 5.41) is 0. The summed E-state index contributed by atoms with van der Waals surface area (Å²) in [4.78, 5) is 11.3. The third kappa shape index (κ3) is 2.91. The Morgan fingerprint density at radius 1 is 1.35 bits per heavy atom. The molecule has 0 saturated carbocycles. The van der Waals surface area contributed by atoms with E-state index >= 15 is 0 Å². The zero-order valence-corrected chi connectivity index (χ0v) is 10.9. The highest BCUT2D eigenvalue weighted by molar-refractivity contribution is 7.80. The van der Waals surface area contributed by atoms with Gasteiger partial charge in [0.05, 0.1) is 12.4 Å². The molecule has 0 spiro atoms. The van der Waals surface area contributed by atoms with Crippen molar-refractivity contribution in [1.82, 2.24) is 9.97 Å². The first-order valence-electron chi connectivity index (χ1n) is 6.07. The number of thiocarbonyl (C=S) groups is 1. The van der Waals surface area contributed by atoms with Gasteiger partial charge in [0.15, 0.2) is 0 Å². The third-order valence-corrected chi connectivity index (χ3v) is 3.45.